The summed E-state index contributed by atoms with van der Waals surface area (Å²) in [5, 5.41) is 11.5. The Labute approximate surface area is 103 Å². The highest BCUT2D eigenvalue weighted by molar-refractivity contribution is 6.01. The van der Waals surface area contributed by atoms with Gasteiger partial charge in [-0.05, 0) is 24.7 Å². The van der Waals surface area contributed by atoms with E-state index in [2.05, 4.69) is 25.9 Å². The number of carbonyl (C=O) groups excluding carboxylic acids is 1. The molecule has 3 N–H and O–H groups in total. The molecule has 0 aromatic rings. The molecule has 2 unspecified atom stereocenters. The second kappa shape index (κ2) is 4.94. The number of carbonyl (C=O) groups is 1. The maximum Gasteiger partial charge on any atom is 0.233 e. The third-order valence-electron chi connectivity index (χ3n) is 3.65. The Morgan fingerprint density at radius 1 is 1.53 bits per heavy atom. The highest BCUT2D eigenvalue weighted by Crippen LogP contribution is 2.33. The SMILES string of the molecule is CC(C(=O)N1CCC(C(C)(C)C)C1)C(N)=NO. The van der Waals surface area contributed by atoms with E-state index in [1.54, 1.807) is 6.92 Å². The lowest BCUT2D eigenvalue weighted by Crippen LogP contribution is -2.40. The second-order valence-electron chi connectivity index (χ2n) is 5.88. The summed E-state index contributed by atoms with van der Waals surface area (Å²) in [6, 6.07) is 0. The van der Waals surface area contributed by atoms with Crippen LogP contribution in [0.1, 0.15) is 34.1 Å². The number of amides is 1. The van der Waals surface area contributed by atoms with E-state index >= 15 is 0 Å². The van der Waals surface area contributed by atoms with Crippen LogP contribution in [0.25, 0.3) is 0 Å². The van der Waals surface area contributed by atoms with Gasteiger partial charge in [-0.3, -0.25) is 4.79 Å². The van der Waals surface area contributed by atoms with Gasteiger partial charge in [0.15, 0.2) is 5.84 Å². The molecular formula is C12H23N3O2. The molecule has 1 saturated heterocycles. The van der Waals surface area contributed by atoms with Gasteiger partial charge in [0.25, 0.3) is 0 Å². The lowest BCUT2D eigenvalue weighted by atomic mass is 9.80. The van der Waals surface area contributed by atoms with Crippen molar-refractivity contribution in [1.82, 2.24) is 4.90 Å². The molecule has 5 nitrogen and oxygen atoms in total. The Balaban J connectivity index is 2.63. The largest absolute Gasteiger partial charge is 0.409 e. The molecule has 17 heavy (non-hydrogen) atoms. The zero-order valence-electron chi connectivity index (χ0n) is 11.1. The van der Waals surface area contributed by atoms with Crippen LogP contribution in [0.15, 0.2) is 5.16 Å². The molecule has 2 atom stereocenters. The maximum absolute atomic E-state index is 12.1. The Kier molecular flexibility index (Phi) is 4.01. The molecular weight excluding hydrogens is 218 g/mol. The van der Waals surface area contributed by atoms with Crippen molar-refractivity contribution in [2.45, 2.75) is 34.1 Å². The van der Waals surface area contributed by atoms with Crippen molar-refractivity contribution in [3.8, 4) is 0 Å². The average Bonchev–Trinajstić information content (AvgIpc) is 2.74. The standard InChI is InChI=1S/C12H23N3O2/c1-8(10(13)14-17)11(16)15-6-5-9(7-15)12(2,3)4/h8-9,17H,5-7H2,1-4H3,(H2,13,14). The summed E-state index contributed by atoms with van der Waals surface area (Å²) in [6.07, 6.45) is 1.03. The fourth-order valence-corrected chi connectivity index (χ4v) is 2.15. The van der Waals surface area contributed by atoms with Gasteiger partial charge in [0, 0.05) is 13.1 Å². The van der Waals surface area contributed by atoms with E-state index in [9.17, 15) is 4.79 Å². The van der Waals surface area contributed by atoms with E-state index < -0.39 is 5.92 Å². The van der Waals surface area contributed by atoms with Crippen LogP contribution in [-0.4, -0.2) is 34.9 Å². The van der Waals surface area contributed by atoms with Crippen molar-refractivity contribution in [2.24, 2.45) is 28.1 Å². The van der Waals surface area contributed by atoms with Crippen LogP contribution in [0.4, 0.5) is 0 Å². The molecule has 1 amide bonds. The van der Waals surface area contributed by atoms with Crippen molar-refractivity contribution in [2.75, 3.05) is 13.1 Å². The van der Waals surface area contributed by atoms with Crippen LogP contribution in [-0.2, 0) is 4.79 Å². The molecule has 1 heterocycles. The number of nitrogens with zero attached hydrogens (tertiary/aromatic N) is 2. The molecule has 1 aliphatic heterocycles. The van der Waals surface area contributed by atoms with Gasteiger partial charge in [0.2, 0.25) is 5.91 Å². The zero-order valence-corrected chi connectivity index (χ0v) is 11.1. The van der Waals surface area contributed by atoms with Crippen molar-refractivity contribution < 1.29 is 10.0 Å². The molecule has 1 aliphatic rings. The van der Waals surface area contributed by atoms with E-state index in [1.165, 1.54) is 0 Å². The molecule has 0 aliphatic carbocycles. The van der Waals surface area contributed by atoms with E-state index in [4.69, 9.17) is 10.9 Å². The number of nitrogens with two attached hydrogens (primary N) is 1. The topological polar surface area (TPSA) is 78.9 Å². The number of likely N-dealkylation sites (tertiary alicyclic amines) is 1. The normalized spacial score (nSPS) is 23.9. The van der Waals surface area contributed by atoms with Gasteiger partial charge in [-0.25, -0.2) is 0 Å². The summed E-state index contributed by atoms with van der Waals surface area (Å²) in [5.74, 6) is -0.0917. The van der Waals surface area contributed by atoms with Crippen molar-refractivity contribution >= 4 is 11.7 Å². The first kappa shape index (κ1) is 13.8. The first-order valence-electron chi connectivity index (χ1n) is 6.03. The van der Waals surface area contributed by atoms with Crippen LogP contribution in [0.2, 0.25) is 0 Å². The minimum atomic E-state index is -0.543. The smallest absolute Gasteiger partial charge is 0.233 e. The van der Waals surface area contributed by atoms with E-state index in [1.807, 2.05) is 4.90 Å². The van der Waals surface area contributed by atoms with Gasteiger partial charge in [0.1, 0.15) is 0 Å². The van der Waals surface area contributed by atoms with Gasteiger partial charge in [0.05, 0.1) is 5.92 Å². The number of amidine groups is 1. The molecule has 0 bridgehead atoms. The molecule has 1 fully saturated rings. The Bertz CT molecular complexity index is 320. The second-order valence-corrected chi connectivity index (χ2v) is 5.88. The lowest BCUT2D eigenvalue weighted by molar-refractivity contribution is -0.132. The molecule has 0 spiro atoms. The first-order chi connectivity index (χ1) is 7.77. The number of oxime groups is 1. The third kappa shape index (κ3) is 3.11. The lowest BCUT2D eigenvalue weighted by Gasteiger charge is -2.27. The monoisotopic (exact) mass is 241 g/mol. The highest BCUT2D eigenvalue weighted by Gasteiger charge is 2.35. The number of hydrogen-bond acceptors (Lipinski definition) is 3. The Hall–Kier alpha value is -1.26. The molecule has 98 valence electrons. The van der Waals surface area contributed by atoms with Crippen molar-refractivity contribution in [3.05, 3.63) is 0 Å². The molecule has 5 heteroatoms. The van der Waals surface area contributed by atoms with Crippen LogP contribution in [0.5, 0.6) is 0 Å². The summed E-state index contributed by atoms with van der Waals surface area (Å²) < 4.78 is 0. The third-order valence-corrected chi connectivity index (χ3v) is 3.65. The van der Waals surface area contributed by atoms with Crippen molar-refractivity contribution in [3.63, 3.8) is 0 Å². The van der Waals surface area contributed by atoms with Gasteiger partial charge >= 0.3 is 0 Å². The van der Waals surface area contributed by atoms with Gasteiger partial charge in [-0.15, -0.1) is 0 Å². The van der Waals surface area contributed by atoms with Crippen LogP contribution < -0.4 is 5.73 Å². The molecule has 0 aromatic heterocycles. The predicted molar refractivity (Wildman–Crippen MR) is 66.7 cm³/mol. The van der Waals surface area contributed by atoms with Gasteiger partial charge < -0.3 is 15.8 Å². The quantitative estimate of drug-likeness (QED) is 0.330. The molecule has 0 saturated carbocycles. The van der Waals surface area contributed by atoms with E-state index in [0.29, 0.717) is 5.92 Å². The maximum atomic E-state index is 12.1. The summed E-state index contributed by atoms with van der Waals surface area (Å²) in [6.45, 7) is 9.78. The summed E-state index contributed by atoms with van der Waals surface area (Å²) in [4.78, 5) is 13.9. The average molecular weight is 241 g/mol. The Morgan fingerprint density at radius 3 is 2.53 bits per heavy atom. The van der Waals surface area contributed by atoms with Crippen LogP contribution >= 0.6 is 0 Å². The molecule has 0 aromatic carbocycles. The fourth-order valence-electron chi connectivity index (χ4n) is 2.15. The Morgan fingerprint density at radius 2 is 2.12 bits per heavy atom. The molecule has 0 radical (unpaired) electrons. The zero-order chi connectivity index (χ0) is 13.2. The summed E-state index contributed by atoms with van der Waals surface area (Å²) in [5.41, 5.74) is 5.68. The number of rotatable bonds is 2. The summed E-state index contributed by atoms with van der Waals surface area (Å²) in [7, 11) is 0. The van der Waals surface area contributed by atoms with Gasteiger partial charge in [-0.1, -0.05) is 25.9 Å². The minimum Gasteiger partial charge on any atom is -0.409 e. The first-order valence-corrected chi connectivity index (χ1v) is 6.03. The van der Waals surface area contributed by atoms with Crippen molar-refractivity contribution in [1.29, 1.82) is 0 Å². The van der Waals surface area contributed by atoms with Gasteiger partial charge in [-0.2, -0.15) is 0 Å². The fraction of sp³-hybridized carbons (Fsp3) is 0.833. The van der Waals surface area contributed by atoms with Crippen LogP contribution in [0.3, 0.4) is 0 Å². The van der Waals surface area contributed by atoms with Crippen LogP contribution in [0, 0.1) is 17.3 Å². The minimum absolute atomic E-state index is 0.0193. The predicted octanol–water partition coefficient (Wildman–Crippen LogP) is 1.26. The number of hydrogen-bond donors (Lipinski definition) is 2. The highest BCUT2D eigenvalue weighted by atomic mass is 16.4. The van der Waals surface area contributed by atoms with E-state index in [0.717, 1.165) is 19.5 Å². The summed E-state index contributed by atoms with van der Waals surface area (Å²) >= 11 is 0. The molecule has 1 rings (SSSR count). The van der Waals surface area contributed by atoms with E-state index in [-0.39, 0.29) is 17.2 Å².